The van der Waals surface area contributed by atoms with Crippen LogP contribution in [0.2, 0.25) is 0 Å². The van der Waals surface area contributed by atoms with E-state index >= 15 is 0 Å². The summed E-state index contributed by atoms with van der Waals surface area (Å²) in [5.74, 6) is -1.48. The molecular weight excluding hydrogens is 249 g/mol. The van der Waals surface area contributed by atoms with Crippen LogP contribution in [0.15, 0.2) is 18.2 Å². The lowest BCUT2D eigenvalue weighted by atomic mass is 9.98. The number of likely N-dealkylation sites (N-methyl/N-ethyl adjacent to an activating group) is 1. The summed E-state index contributed by atoms with van der Waals surface area (Å²) in [4.78, 5) is 24.6. The molecule has 5 heteroatoms. The standard InChI is InChI=1S/C14H18FNO3/c1-9-8-10(4-5-11(9)15)14(19)12(16(2)3)6-7-13(17)18/h4-5,8,12H,6-7H2,1-3H3,(H,17,18). The Hall–Kier alpha value is -1.75. The Kier molecular flexibility index (Phi) is 5.18. The van der Waals surface area contributed by atoms with Gasteiger partial charge < -0.3 is 5.11 Å². The van der Waals surface area contributed by atoms with E-state index in [4.69, 9.17) is 5.11 Å². The van der Waals surface area contributed by atoms with Crippen molar-refractivity contribution in [3.8, 4) is 0 Å². The number of Topliss-reactive ketones (excluding diaryl/α,β-unsaturated/α-hetero) is 1. The lowest BCUT2D eigenvalue weighted by molar-refractivity contribution is -0.137. The molecule has 1 aromatic carbocycles. The highest BCUT2D eigenvalue weighted by Gasteiger charge is 2.23. The number of benzene rings is 1. The summed E-state index contributed by atoms with van der Waals surface area (Å²) in [6.07, 6.45) is 0.159. The molecule has 0 saturated heterocycles. The van der Waals surface area contributed by atoms with E-state index in [-0.39, 0.29) is 24.4 Å². The first-order valence-corrected chi connectivity index (χ1v) is 6.01. The van der Waals surface area contributed by atoms with Gasteiger partial charge in [-0.1, -0.05) is 0 Å². The van der Waals surface area contributed by atoms with E-state index in [0.29, 0.717) is 11.1 Å². The topological polar surface area (TPSA) is 57.6 Å². The van der Waals surface area contributed by atoms with Gasteiger partial charge in [-0.15, -0.1) is 0 Å². The lowest BCUT2D eigenvalue weighted by Gasteiger charge is -2.22. The number of carbonyl (C=O) groups excluding carboxylic acids is 1. The number of hydrogen-bond acceptors (Lipinski definition) is 3. The molecular formula is C14H18FNO3. The molecule has 0 radical (unpaired) electrons. The van der Waals surface area contributed by atoms with Crippen molar-refractivity contribution in [2.45, 2.75) is 25.8 Å². The van der Waals surface area contributed by atoms with Gasteiger partial charge >= 0.3 is 5.97 Å². The van der Waals surface area contributed by atoms with Gasteiger partial charge in [-0.25, -0.2) is 4.39 Å². The van der Waals surface area contributed by atoms with E-state index in [9.17, 15) is 14.0 Å². The third kappa shape index (κ3) is 4.13. The van der Waals surface area contributed by atoms with Gasteiger partial charge in [0.05, 0.1) is 6.04 Å². The largest absolute Gasteiger partial charge is 0.481 e. The Balaban J connectivity index is 2.92. The molecule has 0 aliphatic heterocycles. The van der Waals surface area contributed by atoms with Gasteiger partial charge in [-0.3, -0.25) is 14.5 Å². The third-order valence-electron chi connectivity index (χ3n) is 3.00. The van der Waals surface area contributed by atoms with Crippen LogP contribution in [0.25, 0.3) is 0 Å². The van der Waals surface area contributed by atoms with E-state index in [1.807, 2.05) is 0 Å². The van der Waals surface area contributed by atoms with Crippen LogP contribution in [-0.4, -0.2) is 41.9 Å². The number of halogens is 1. The summed E-state index contributed by atoms with van der Waals surface area (Å²) in [5.41, 5.74) is 0.810. The van der Waals surface area contributed by atoms with Crippen LogP contribution in [0.3, 0.4) is 0 Å². The van der Waals surface area contributed by atoms with Gasteiger partial charge in [0.1, 0.15) is 5.82 Å². The van der Waals surface area contributed by atoms with Crippen molar-refractivity contribution >= 4 is 11.8 Å². The van der Waals surface area contributed by atoms with Crippen molar-refractivity contribution in [3.05, 3.63) is 35.1 Å². The third-order valence-corrected chi connectivity index (χ3v) is 3.00. The molecule has 1 atom stereocenters. The van der Waals surface area contributed by atoms with Crippen molar-refractivity contribution < 1.29 is 19.1 Å². The number of aliphatic carboxylic acids is 1. The zero-order chi connectivity index (χ0) is 14.6. The first kappa shape index (κ1) is 15.3. The number of hydrogen-bond donors (Lipinski definition) is 1. The maximum atomic E-state index is 13.2. The molecule has 0 spiro atoms. The van der Waals surface area contributed by atoms with Crippen molar-refractivity contribution in [2.75, 3.05) is 14.1 Å². The van der Waals surface area contributed by atoms with Gasteiger partial charge in [0.2, 0.25) is 0 Å². The lowest BCUT2D eigenvalue weighted by Crippen LogP contribution is -2.36. The van der Waals surface area contributed by atoms with E-state index in [1.54, 1.807) is 25.9 Å². The molecule has 1 N–H and O–H groups in total. The summed E-state index contributed by atoms with van der Waals surface area (Å²) in [6, 6.07) is 3.67. The van der Waals surface area contributed by atoms with Crippen LogP contribution in [0.4, 0.5) is 4.39 Å². The summed E-state index contributed by atoms with van der Waals surface area (Å²) >= 11 is 0. The summed E-state index contributed by atoms with van der Waals surface area (Å²) in [6.45, 7) is 1.59. The number of nitrogens with zero attached hydrogens (tertiary/aromatic N) is 1. The van der Waals surface area contributed by atoms with Crippen molar-refractivity contribution in [3.63, 3.8) is 0 Å². The highest BCUT2D eigenvalue weighted by atomic mass is 19.1. The van der Waals surface area contributed by atoms with Crippen LogP contribution >= 0.6 is 0 Å². The number of rotatable bonds is 6. The highest BCUT2D eigenvalue weighted by molar-refractivity contribution is 6.00. The second-order valence-corrected chi connectivity index (χ2v) is 4.74. The quantitative estimate of drug-likeness (QED) is 0.802. The summed E-state index contributed by atoms with van der Waals surface area (Å²) in [5, 5.41) is 8.70. The predicted molar refractivity (Wildman–Crippen MR) is 69.8 cm³/mol. The molecule has 0 bridgehead atoms. The zero-order valence-corrected chi connectivity index (χ0v) is 11.3. The van der Waals surface area contributed by atoms with Crippen LogP contribution < -0.4 is 0 Å². The molecule has 4 nitrogen and oxygen atoms in total. The molecule has 0 aliphatic carbocycles. The number of ketones is 1. The molecule has 104 valence electrons. The Morgan fingerprint density at radius 2 is 2.00 bits per heavy atom. The monoisotopic (exact) mass is 267 g/mol. The highest BCUT2D eigenvalue weighted by Crippen LogP contribution is 2.15. The van der Waals surface area contributed by atoms with E-state index in [0.717, 1.165) is 0 Å². The predicted octanol–water partition coefficient (Wildman–Crippen LogP) is 2.11. The molecule has 19 heavy (non-hydrogen) atoms. The molecule has 0 fully saturated rings. The molecule has 0 aliphatic rings. The molecule has 1 unspecified atom stereocenters. The smallest absolute Gasteiger partial charge is 0.303 e. The number of carboxylic acids is 1. The van der Waals surface area contributed by atoms with Crippen LogP contribution in [0, 0.1) is 12.7 Å². The van der Waals surface area contributed by atoms with Gasteiger partial charge in [0.15, 0.2) is 5.78 Å². The second-order valence-electron chi connectivity index (χ2n) is 4.74. The normalized spacial score (nSPS) is 12.5. The maximum Gasteiger partial charge on any atom is 0.303 e. The molecule has 0 amide bonds. The van der Waals surface area contributed by atoms with Gasteiger partial charge in [-0.2, -0.15) is 0 Å². The van der Waals surface area contributed by atoms with E-state index < -0.39 is 12.0 Å². The number of carboxylic acid groups (broad SMARTS) is 1. The van der Waals surface area contributed by atoms with Crippen LogP contribution in [-0.2, 0) is 4.79 Å². The van der Waals surface area contributed by atoms with E-state index in [2.05, 4.69) is 0 Å². The average molecular weight is 267 g/mol. The van der Waals surface area contributed by atoms with Crippen molar-refractivity contribution in [1.82, 2.24) is 4.90 Å². The number of carbonyl (C=O) groups is 2. The second kappa shape index (κ2) is 6.43. The molecule has 0 heterocycles. The first-order valence-electron chi connectivity index (χ1n) is 6.01. The fraction of sp³-hybridized carbons (Fsp3) is 0.429. The zero-order valence-electron chi connectivity index (χ0n) is 11.3. The molecule has 0 aromatic heterocycles. The molecule has 1 aromatic rings. The van der Waals surface area contributed by atoms with Crippen molar-refractivity contribution in [2.24, 2.45) is 0 Å². The van der Waals surface area contributed by atoms with Gasteiger partial charge in [-0.05, 0) is 51.2 Å². The Morgan fingerprint density at radius 1 is 1.37 bits per heavy atom. The fourth-order valence-corrected chi connectivity index (χ4v) is 1.87. The SMILES string of the molecule is Cc1cc(C(=O)C(CCC(=O)O)N(C)C)ccc1F. The number of aryl methyl sites for hydroxylation is 1. The summed E-state index contributed by atoms with van der Waals surface area (Å²) in [7, 11) is 3.45. The minimum Gasteiger partial charge on any atom is -0.481 e. The Bertz CT molecular complexity index is 486. The van der Waals surface area contributed by atoms with Gasteiger partial charge in [0.25, 0.3) is 0 Å². The van der Waals surface area contributed by atoms with Crippen LogP contribution in [0.5, 0.6) is 0 Å². The Morgan fingerprint density at radius 3 is 2.47 bits per heavy atom. The summed E-state index contributed by atoms with van der Waals surface area (Å²) < 4.78 is 13.2. The molecule has 1 rings (SSSR count). The fourth-order valence-electron chi connectivity index (χ4n) is 1.87. The maximum absolute atomic E-state index is 13.2. The minimum absolute atomic E-state index is 0.0746. The average Bonchev–Trinajstić information content (AvgIpc) is 2.31. The first-order chi connectivity index (χ1) is 8.82. The van der Waals surface area contributed by atoms with Gasteiger partial charge in [0, 0.05) is 12.0 Å². The van der Waals surface area contributed by atoms with E-state index in [1.165, 1.54) is 18.2 Å². The minimum atomic E-state index is -0.935. The van der Waals surface area contributed by atoms with Crippen LogP contribution in [0.1, 0.15) is 28.8 Å². The Labute approximate surface area is 111 Å². The molecule has 0 saturated carbocycles. The van der Waals surface area contributed by atoms with Crippen molar-refractivity contribution in [1.29, 1.82) is 0 Å².